The first kappa shape index (κ1) is 14.3. The van der Waals surface area contributed by atoms with Gasteiger partial charge in [0.15, 0.2) is 5.69 Å². The maximum absolute atomic E-state index is 13.4. The molecule has 0 spiro atoms. The molecule has 1 N–H and O–H groups in total. The van der Waals surface area contributed by atoms with Gasteiger partial charge < -0.3 is 9.88 Å². The number of carbonyl (C=O) groups is 1. The van der Waals surface area contributed by atoms with E-state index in [1.807, 2.05) is 30.7 Å². The summed E-state index contributed by atoms with van der Waals surface area (Å²) in [4.78, 5) is 12.4. The van der Waals surface area contributed by atoms with E-state index >= 15 is 0 Å². The highest BCUT2D eigenvalue weighted by molar-refractivity contribution is 6.04. The topological polar surface area (TPSA) is 51.9 Å². The Morgan fingerprint density at radius 1 is 1.27 bits per heavy atom. The van der Waals surface area contributed by atoms with Gasteiger partial charge in [0.1, 0.15) is 5.82 Å². The lowest BCUT2D eigenvalue weighted by Crippen LogP contribution is -2.24. The molecule has 2 heterocycles. The van der Waals surface area contributed by atoms with Crippen molar-refractivity contribution >= 4 is 16.8 Å². The molecule has 3 rings (SSSR count). The van der Waals surface area contributed by atoms with Crippen molar-refractivity contribution in [2.24, 2.45) is 14.1 Å². The predicted octanol–water partition coefficient (Wildman–Crippen LogP) is 2.29. The van der Waals surface area contributed by atoms with Crippen molar-refractivity contribution in [1.29, 1.82) is 0 Å². The van der Waals surface area contributed by atoms with Crippen LogP contribution in [0.3, 0.4) is 0 Å². The number of hydrogen-bond donors (Lipinski definition) is 1. The fourth-order valence-electron chi connectivity index (χ4n) is 2.50. The van der Waals surface area contributed by atoms with Crippen LogP contribution in [0.1, 0.15) is 21.9 Å². The SMILES string of the molecule is Cc1ccc(CNC(=O)c2nn(C)c3ccc(F)cc23)n1C. The van der Waals surface area contributed by atoms with E-state index < -0.39 is 0 Å². The summed E-state index contributed by atoms with van der Waals surface area (Å²) in [6.07, 6.45) is 0. The monoisotopic (exact) mass is 300 g/mol. The van der Waals surface area contributed by atoms with E-state index in [-0.39, 0.29) is 17.4 Å². The summed E-state index contributed by atoms with van der Waals surface area (Å²) in [7, 11) is 3.68. The van der Waals surface area contributed by atoms with Gasteiger partial charge in [-0.1, -0.05) is 0 Å². The lowest BCUT2D eigenvalue weighted by molar-refractivity contribution is 0.0946. The van der Waals surface area contributed by atoms with Crippen LogP contribution in [0.4, 0.5) is 4.39 Å². The molecule has 1 aromatic carbocycles. The first-order chi connectivity index (χ1) is 10.5. The van der Waals surface area contributed by atoms with Gasteiger partial charge in [-0.05, 0) is 37.3 Å². The number of nitrogens with zero attached hydrogens (tertiary/aromatic N) is 3. The van der Waals surface area contributed by atoms with Crippen molar-refractivity contribution in [3.05, 3.63) is 53.2 Å². The van der Waals surface area contributed by atoms with E-state index in [2.05, 4.69) is 10.4 Å². The lowest BCUT2D eigenvalue weighted by atomic mass is 10.2. The first-order valence-corrected chi connectivity index (χ1v) is 6.99. The third-order valence-electron chi connectivity index (χ3n) is 3.93. The standard InChI is InChI=1S/C16H17FN4O/c1-10-4-6-12(20(10)2)9-18-16(22)15-13-8-11(17)5-7-14(13)21(3)19-15/h4-8H,9H2,1-3H3,(H,18,22). The molecule has 0 atom stereocenters. The molecule has 0 unspecified atom stereocenters. The smallest absolute Gasteiger partial charge is 0.272 e. The molecule has 0 aliphatic heterocycles. The van der Waals surface area contributed by atoms with Gasteiger partial charge >= 0.3 is 0 Å². The van der Waals surface area contributed by atoms with Gasteiger partial charge in [-0.2, -0.15) is 5.10 Å². The largest absolute Gasteiger partial charge is 0.350 e. The summed E-state index contributed by atoms with van der Waals surface area (Å²) < 4.78 is 17.0. The molecule has 0 aliphatic carbocycles. The molecule has 3 aromatic rings. The minimum absolute atomic E-state index is 0.239. The molecule has 0 saturated carbocycles. The fraction of sp³-hybridized carbons (Fsp3) is 0.250. The first-order valence-electron chi connectivity index (χ1n) is 6.99. The molecule has 0 saturated heterocycles. The third kappa shape index (κ3) is 2.36. The van der Waals surface area contributed by atoms with Crippen LogP contribution >= 0.6 is 0 Å². The van der Waals surface area contributed by atoms with Gasteiger partial charge in [-0.25, -0.2) is 4.39 Å². The second-order valence-electron chi connectivity index (χ2n) is 5.34. The van der Waals surface area contributed by atoms with Crippen LogP contribution in [-0.4, -0.2) is 20.3 Å². The molecule has 6 heteroatoms. The Balaban J connectivity index is 1.86. The average molecular weight is 300 g/mol. The summed E-state index contributed by atoms with van der Waals surface area (Å²) in [5.41, 5.74) is 3.08. The number of fused-ring (bicyclic) bond motifs is 1. The van der Waals surface area contributed by atoms with Crippen LogP contribution in [0.5, 0.6) is 0 Å². The second-order valence-corrected chi connectivity index (χ2v) is 5.34. The number of amides is 1. The van der Waals surface area contributed by atoms with Crippen molar-refractivity contribution in [3.8, 4) is 0 Å². The molecular weight excluding hydrogens is 283 g/mol. The van der Waals surface area contributed by atoms with Crippen molar-refractivity contribution in [2.75, 3.05) is 0 Å². The summed E-state index contributed by atoms with van der Waals surface area (Å²) in [6, 6.07) is 8.27. The molecule has 114 valence electrons. The summed E-state index contributed by atoms with van der Waals surface area (Å²) in [5.74, 6) is -0.692. The molecule has 0 radical (unpaired) electrons. The van der Waals surface area contributed by atoms with E-state index in [9.17, 15) is 9.18 Å². The molecule has 22 heavy (non-hydrogen) atoms. The Bertz CT molecular complexity index is 863. The molecule has 1 amide bonds. The summed E-state index contributed by atoms with van der Waals surface area (Å²) in [6.45, 7) is 2.40. The highest BCUT2D eigenvalue weighted by Crippen LogP contribution is 2.19. The zero-order valence-electron chi connectivity index (χ0n) is 12.7. The zero-order valence-corrected chi connectivity index (χ0v) is 12.7. The van der Waals surface area contributed by atoms with Gasteiger partial charge in [0.05, 0.1) is 12.1 Å². The van der Waals surface area contributed by atoms with Gasteiger partial charge in [0, 0.05) is 30.9 Å². The zero-order chi connectivity index (χ0) is 15.9. The Morgan fingerprint density at radius 2 is 2.05 bits per heavy atom. The van der Waals surface area contributed by atoms with Gasteiger partial charge in [0.25, 0.3) is 5.91 Å². The highest BCUT2D eigenvalue weighted by atomic mass is 19.1. The van der Waals surface area contributed by atoms with Crippen LogP contribution in [0, 0.1) is 12.7 Å². The summed E-state index contributed by atoms with van der Waals surface area (Å²) in [5, 5.41) is 7.55. The number of aromatic nitrogens is 3. The number of carbonyl (C=O) groups excluding carboxylic acids is 1. The van der Waals surface area contributed by atoms with Crippen molar-refractivity contribution < 1.29 is 9.18 Å². The van der Waals surface area contributed by atoms with Crippen molar-refractivity contribution in [1.82, 2.24) is 19.7 Å². The van der Waals surface area contributed by atoms with Crippen molar-refractivity contribution in [2.45, 2.75) is 13.5 Å². The second kappa shape index (κ2) is 5.29. The molecule has 0 bridgehead atoms. The van der Waals surface area contributed by atoms with E-state index in [0.29, 0.717) is 11.9 Å². The third-order valence-corrected chi connectivity index (χ3v) is 3.93. The molecule has 2 aromatic heterocycles. The Labute approximate surface area is 127 Å². The van der Waals surface area contributed by atoms with E-state index in [1.54, 1.807) is 17.8 Å². The van der Waals surface area contributed by atoms with E-state index in [0.717, 1.165) is 16.9 Å². The lowest BCUT2D eigenvalue weighted by Gasteiger charge is -2.06. The highest BCUT2D eigenvalue weighted by Gasteiger charge is 2.16. The van der Waals surface area contributed by atoms with Crippen LogP contribution < -0.4 is 5.32 Å². The minimum Gasteiger partial charge on any atom is -0.350 e. The van der Waals surface area contributed by atoms with Crippen LogP contribution in [0.15, 0.2) is 30.3 Å². The maximum Gasteiger partial charge on any atom is 0.272 e. The van der Waals surface area contributed by atoms with Gasteiger partial charge in [-0.15, -0.1) is 0 Å². The number of aryl methyl sites for hydroxylation is 2. The molecule has 0 fully saturated rings. The number of halogens is 1. The Kier molecular flexibility index (Phi) is 3.44. The van der Waals surface area contributed by atoms with Gasteiger partial charge in [0.2, 0.25) is 0 Å². The fourth-order valence-corrected chi connectivity index (χ4v) is 2.50. The maximum atomic E-state index is 13.4. The number of benzene rings is 1. The Hall–Kier alpha value is -2.63. The average Bonchev–Trinajstić information content (AvgIpc) is 2.98. The molecule has 0 aliphatic rings. The quantitative estimate of drug-likeness (QED) is 0.807. The number of nitrogens with one attached hydrogen (secondary N) is 1. The summed E-state index contributed by atoms with van der Waals surface area (Å²) >= 11 is 0. The molecule has 5 nitrogen and oxygen atoms in total. The minimum atomic E-state index is -0.382. The van der Waals surface area contributed by atoms with E-state index in [4.69, 9.17) is 0 Å². The van der Waals surface area contributed by atoms with Crippen LogP contribution in [0.2, 0.25) is 0 Å². The number of hydrogen-bond acceptors (Lipinski definition) is 2. The van der Waals surface area contributed by atoms with Crippen LogP contribution in [-0.2, 0) is 20.6 Å². The Morgan fingerprint density at radius 3 is 2.73 bits per heavy atom. The molecular formula is C16H17FN4O. The van der Waals surface area contributed by atoms with Gasteiger partial charge in [-0.3, -0.25) is 9.48 Å². The van der Waals surface area contributed by atoms with Crippen LogP contribution in [0.25, 0.3) is 10.9 Å². The van der Waals surface area contributed by atoms with Crippen molar-refractivity contribution in [3.63, 3.8) is 0 Å². The normalized spacial score (nSPS) is 11.1. The predicted molar refractivity (Wildman–Crippen MR) is 82.0 cm³/mol. The number of rotatable bonds is 3. The van der Waals surface area contributed by atoms with E-state index in [1.165, 1.54) is 12.1 Å².